The number of hydrogen-bond acceptors (Lipinski definition) is 2. The molecule has 0 fully saturated rings. The predicted molar refractivity (Wildman–Crippen MR) is 67.8 cm³/mol. The second-order valence-electron chi connectivity index (χ2n) is 3.55. The van der Waals surface area contributed by atoms with E-state index in [1.807, 2.05) is 18.2 Å². The first kappa shape index (κ1) is 11.7. The molecule has 0 spiro atoms. The highest BCUT2D eigenvalue weighted by atomic mass is 35.5. The Labute approximate surface area is 104 Å². The maximum absolute atomic E-state index is 13.6. The van der Waals surface area contributed by atoms with Gasteiger partial charge in [-0.2, -0.15) is 0 Å². The van der Waals surface area contributed by atoms with Crippen LogP contribution in [-0.4, -0.2) is 7.11 Å². The number of hydrogen-bond donors (Lipinski definition) is 1. The molecule has 0 aliphatic heterocycles. The molecule has 4 heteroatoms. The standard InChI is InChI=1S/C13H11ClFNO/c1-17-12-7-8(6-11(15)13(12)16)9-4-2-3-5-10(9)14/h2-7H,16H2,1H3. The molecule has 0 atom stereocenters. The van der Waals surface area contributed by atoms with Crippen LogP contribution in [-0.2, 0) is 0 Å². The SMILES string of the molecule is COc1cc(-c2ccccc2Cl)cc(F)c1N. The second-order valence-corrected chi connectivity index (χ2v) is 3.96. The van der Waals surface area contributed by atoms with Crippen LogP contribution in [0.4, 0.5) is 10.1 Å². The summed E-state index contributed by atoms with van der Waals surface area (Å²) >= 11 is 6.05. The van der Waals surface area contributed by atoms with Gasteiger partial charge >= 0.3 is 0 Å². The van der Waals surface area contributed by atoms with Gasteiger partial charge in [0.15, 0.2) is 5.82 Å². The van der Waals surface area contributed by atoms with Gasteiger partial charge in [0.25, 0.3) is 0 Å². The topological polar surface area (TPSA) is 35.2 Å². The molecule has 0 bridgehead atoms. The Hall–Kier alpha value is -1.74. The fraction of sp³-hybridized carbons (Fsp3) is 0.0769. The second kappa shape index (κ2) is 4.63. The van der Waals surface area contributed by atoms with Gasteiger partial charge in [-0.15, -0.1) is 0 Å². The first-order valence-electron chi connectivity index (χ1n) is 5.01. The molecule has 0 heterocycles. The van der Waals surface area contributed by atoms with Gasteiger partial charge in [-0.3, -0.25) is 0 Å². The van der Waals surface area contributed by atoms with E-state index in [1.165, 1.54) is 13.2 Å². The molecule has 2 aromatic carbocycles. The maximum Gasteiger partial charge on any atom is 0.150 e. The van der Waals surface area contributed by atoms with Crippen LogP contribution in [0.25, 0.3) is 11.1 Å². The molecule has 17 heavy (non-hydrogen) atoms. The molecular weight excluding hydrogens is 241 g/mol. The van der Waals surface area contributed by atoms with E-state index in [0.29, 0.717) is 16.3 Å². The summed E-state index contributed by atoms with van der Waals surface area (Å²) in [5.74, 6) is -0.209. The minimum atomic E-state index is -0.515. The van der Waals surface area contributed by atoms with Crippen molar-refractivity contribution in [2.24, 2.45) is 0 Å². The smallest absolute Gasteiger partial charge is 0.150 e. The average molecular weight is 252 g/mol. The Kier molecular flexibility index (Phi) is 3.20. The van der Waals surface area contributed by atoms with Crippen molar-refractivity contribution in [1.82, 2.24) is 0 Å². The normalized spacial score (nSPS) is 10.3. The van der Waals surface area contributed by atoms with E-state index in [9.17, 15) is 4.39 Å². The zero-order valence-electron chi connectivity index (χ0n) is 9.21. The third-order valence-corrected chi connectivity index (χ3v) is 2.83. The molecule has 0 aliphatic rings. The molecule has 0 unspecified atom stereocenters. The van der Waals surface area contributed by atoms with Gasteiger partial charge in [-0.05, 0) is 23.8 Å². The highest BCUT2D eigenvalue weighted by Crippen LogP contribution is 2.34. The van der Waals surface area contributed by atoms with Gasteiger partial charge in [-0.25, -0.2) is 4.39 Å². The van der Waals surface area contributed by atoms with Gasteiger partial charge in [-0.1, -0.05) is 29.8 Å². The van der Waals surface area contributed by atoms with Crippen molar-refractivity contribution in [2.75, 3.05) is 12.8 Å². The van der Waals surface area contributed by atoms with Crippen LogP contribution in [0.5, 0.6) is 5.75 Å². The average Bonchev–Trinajstić information content (AvgIpc) is 2.33. The molecule has 0 saturated carbocycles. The lowest BCUT2D eigenvalue weighted by Crippen LogP contribution is -1.96. The number of ether oxygens (including phenoxy) is 1. The van der Waals surface area contributed by atoms with Crippen LogP contribution in [0.2, 0.25) is 5.02 Å². The number of benzene rings is 2. The van der Waals surface area contributed by atoms with Crippen LogP contribution >= 0.6 is 11.6 Å². The molecular formula is C13H11ClFNO. The number of halogens is 2. The molecule has 88 valence electrons. The minimum absolute atomic E-state index is 0.00306. The summed E-state index contributed by atoms with van der Waals surface area (Å²) in [7, 11) is 1.45. The molecule has 0 aliphatic carbocycles. The summed E-state index contributed by atoms with van der Waals surface area (Å²) in [5.41, 5.74) is 6.93. The molecule has 0 aromatic heterocycles. The number of anilines is 1. The predicted octanol–water partition coefficient (Wildman–Crippen LogP) is 3.74. The van der Waals surface area contributed by atoms with E-state index in [0.717, 1.165) is 5.56 Å². The number of nitrogen functional groups attached to an aromatic ring is 1. The molecule has 2 rings (SSSR count). The van der Waals surface area contributed by atoms with Crippen molar-refractivity contribution < 1.29 is 9.13 Å². The van der Waals surface area contributed by atoms with Gasteiger partial charge < -0.3 is 10.5 Å². The Morgan fingerprint density at radius 2 is 1.94 bits per heavy atom. The van der Waals surface area contributed by atoms with E-state index in [-0.39, 0.29) is 5.69 Å². The number of methoxy groups -OCH3 is 1. The van der Waals surface area contributed by atoms with Gasteiger partial charge in [0, 0.05) is 10.6 Å². The molecule has 0 saturated heterocycles. The van der Waals surface area contributed by atoms with Crippen LogP contribution < -0.4 is 10.5 Å². The fourth-order valence-corrected chi connectivity index (χ4v) is 1.86. The lowest BCUT2D eigenvalue weighted by Gasteiger charge is -2.10. The van der Waals surface area contributed by atoms with Gasteiger partial charge in [0.05, 0.1) is 7.11 Å². The Morgan fingerprint density at radius 3 is 2.59 bits per heavy atom. The highest BCUT2D eigenvalue weighted by Gasteiger charge is 2.11. The van der Waals surface area contributed by atoms with Crippen molar-refractivity contribution in [3.05, 3.63) is 47.2 Å². The van der Waals surface area contributed by atoms with Crippen molar-refractivity contribution in [2.45, 2.75) is 0 Å². The lowest BCUT2D eigenvalue weighted by molar-refractivity contribution is 0.414. The number of nitrogens with two attached hydrogens (primary N) is 1. The van der Waals surface area contributed by atoms with E-state index in [2.05, 4.69) is 0 Å². The van der Waals surface area contributed by atoms with E-state index in [1.54, 1.807) is 12.1 Å². The summed E-state index contributed by atoms with van der Waals surface area (Å²) in [6.45, 7) is 0. The zero-order valence-corrected chi connectivity index (χ0v) is 9.96. The van der Waals surface area contributed by atoms with Gasteiger partial charge in [0.1, 0.15) is 11.4 Å². The monoisotopic (exact) mass is 251 g/mol. The fourth-order valence-electron chi connectivity index (χ4n) is 1.61. The maximum atomic E-state index is 13.6. The van der Waals surface area contributed by atoms with Crippen LogP contribution in [0.3, 0.4) is 0 Å². The Balaban J connectivity index is 2.61. The first-order valence-corrected chi connectivity index (χ1v) is 5.39. The van der Waals surface area contributed by atoms with E-state index < -0.39 is 5.82 Å². The first-order chi connectivity index (χ1) is 8.13. The summed E-state index contributed by atoms with van der Waals surface area (Å²) < 4.78 is 18.6. The summed E-state index contributed by atoms with van der Waals surface area (Å²) in [6.07, 6.45) is 0. The van der Waals surface area contributed by atoms with Crippen LogP contribution in [0.1, 0.15) is 0 Å². The molecule has 0 radical (unpaired) electrons. The minimum Gasteiger partial charge on any atom is -0.494 e. The van der Waals surface area contributed by atoms with Crippen molar-refractivity contribution in [3.63, 3.8) is 0 Å². The molecule has 0 amide bonds. The van der Waals surface area contributed by atoms with Crippen LogP contribution in [0, 0.1) is 5.82 Å². The molecule has 2 N–H and O–H groups in total. The summed E-state index contributed by atoms with van der Waals surface area (Å²) in [5, 5.41) is 0.554. The van der Waals surface area contributed by atoms with Crippen molar-refractivity contribution in [1.29, 1.82) is 0 Å². The van der Waals surface area contributed by atoms with E-state index >= 15 is 0 Å². The summed E-state index contributed by atoms with van der Waals surface area (Å²) in [4.78, 5) is 0. The van der Waals surface area contributed by atoms with Crippen molar-refractivity contribution in [3.8, 4) is 16.9 Å². The Morgan fingerprint density at radius 1 is 1.24 bits per heavy atom. The molecule has 2 nitrogen and oxygen atoms in total. The number of rotatable bonds is 2. The third-order valence-electron chi connectivity index (χ3n) is 2.50. The van der Waals surface area contributed by atoms with E-state index in [4.69, 9.17) is 22.1 Å². The van der Waals surface area contributed by atoms with Crippen LogP contribution in [0.15, 0.2) is 36.4 Å². The van der Waals surface area contributed by atoms with Crippen molar-refractivity contribution >= 4 is 17.3 Å². The lowest BCUT2D eigenvalue weighted by atomic mass is 10.0. The largest absolute Gasteiger partial charge is 0.494 e. The Bertz CT molecular complexity index is 557. The van der Waals surface area contributed by atoms with Gasteiger partial charge in [0.2, 0.25) is 0 Å². The summed E-state index contributed by atoms with van der Waals surface area (Å²) in [6, 6.07) is 10.2. The molecule has 2 aromatic rings. The third kappa shape index (κ3) is 2.19. The zero-order chi connectivity index (χ0) is 12.4. The highest BCUT2D eigenvalue weighted by molar-refractivity contribution is 6.33. The quantitative estimate of drug-likeness (QED) is 0.826.